The largest absolute Gasteiger partial charge is 0.492 e. The summed E-state index contributed by atoms with van der Waals surface area (Å²) in [5.74, 6) is 26.7. The number of ether oxygens (including phenoxy) is 5. The summed E-state index contributed by atoms with van der Waals surface area (Å²) in [5, 5.41) is 55.4. The molecule has 0 bridgehead atoms. The first kappa shape index (κ1) is 100. The van der Waals surface area contributed by atoms with Gasteiger partial charge >= 0.3 is 0 Å². The summed E-state index contributed by atoms with van der Waals surface area (Å²) >= 11 is 0. The molecule has 5 aliphatic rings. The molecular formula is C107H111N27O9. The van der Waals surface area contributed by atoms with E-state index in [2.05, 4.69) is 126 Å². The lowest BCUT2D eigenvalue weighted by atomic mass is 9.86. The summed E-state index contributed by atoms with van der Waals surface area (Å²) in [4.78, 5) is 94.6. The average Bonchev–Trinajstić information content (AvgIpc) is 1.68. The second kappa shape index (κ2) is 48.4. The van der Waals surface area contributed by atoms with Crippen molar-refractivity contribution in [3.63, 3.8) is 0 Å². The Bertz CT molecular complexity index is 7110. The number of likely N-dealkylation sites (tertiary alicyclic amines) is 1. The van der Waals surface area contributed by atoms with Crippen LogP contribution in [0.4, 0.5) is 23.3 Å². The van der Waals surface area contributed by atoms with E-state index in [-0.39, 0.29) is 35.5 Å². The zero-order valence-electron chi connectivity index (χ0n) is 81.3. The SMILES string of the molecule is C#CC(=O)N1CCC2(CCN(c3ccc(-c4cc(OCC)cn5ncc(C#N)c45)cn3)C2)C1.CCOc1cc(-c2ccc(N3CCN(C(=O)CC#Cc4cncnc4)CC3)nc2)c2c(C#N)cnn2c1.CCOc1cc(-c2ccc(N3CCN(C(=O)CCC#CCCN(C)C)CC3)nc2)c2c(C#N)cnn2c1.CCOc1cc(-c2ccc(N3CCN(C(=O)CCC#CCCOC)CC3)nc2)c2c(C#N)cnn2c1. The van der Waals surface area contributed by atoms with Crippen LogP contribution >= 0.6 is 0 Å². The number of anilines is 4. The molecule has 1 atom stereocenters. The molecule has 728 valence electrons. The van der Waals surface area contributed by atoms with Gasteiger partial charge in [-0.3, -0.25) is 19.2 Å². The van der Waals surface area contributed by atoms with Gasteiger partial charge in [-0.05, 0) is 133 Å². The first-order valence-corrected chi connectivity index (χ1v) is 47.8. The number of nitrogens with zero attached hydrogens (tertiary/aromatic N) is 27. The molecule has 143 heavy (non-hydrogen) atoms. The summed E-state index contributed by atoms with van der Waals surface area (Å²) in [7, 11) is 5.71. The number of hydrogen-bond donors (Lipinski definition) is 0. The van der Waals surface area contributed by atoms with Crippen LogP contribution in [-0.4, -0.2) is 282 Å². The lowest BCUT2D eigenvalue weighted by molar-refractivity contribution is -0.132. The standard InChI is InChI=1S/C28H33N7O2.C27H24N8O2.C27H30N6O3.C25H24N6O2/c1-4-37-24-17-25(28-23(18-29)20-31-35(28)21-24)22-10-11-26(30-19-22)33-13-15-34(16-14-33)27(36)9-7-5-6-8-12-32(2)3;1-2-37-23-12-24(27-22(13-28)17-32-35(27)18-23)21-6-7-25(31-16-21)33-8-10-34(11-9-33)26(36)5-3-4-20-14-29-19-30-15-20;1-3-36-23-16-24(27-22(17-28)19-30-33(27)20-23)21-9-10-25(29-18-21)31-11-13-32(14-12-31)26(34)8-6-4-5-7-15-35-2;1-3-23(32)30-10-8-25(17-30)7-9-29(16-25)22-6-5-18(13-27-22)21-11-20(33-4-2)15-31-24(21)19(12-26)14-28-31/h10-11,17,19-21H,4,7-9,12-16H2,1-3H3;6-7,12,14-19H,2,5,8-11H2,1H3;9-10,16,18-20H,3,6-8,11-15H2,1-2H3;1,5-6,11,13-15H,4,7-10,16-17H2,2H3. The maximum absolute atomic E-state index is 12.6. The molecule has 0 radical (unpaired) electrons. The van der Waals surface area contributed by atoms with Crippen LogP contribution < -0.4 is 38.5 Å². The van der Waals surface area contributed by atoms with Crippen molar-refractivity contribution in [2.75, 3.05) is 185 Å². The van der Waals surface area contributed by atoms with Crippen molar-refractivity contribution in [2.24, 2.45) is 5.41 Å². The molecule has 18 rings (SSSR count). The Hall–Kier alpha value is -17.2. The highest BCUT2D eigenvalue weighted by Crippen LogP contribution is 2.43. The summed E-state index contributed by atoms with van der Waals surface area (Å²) in [6.45, 7) is 22.8. The van der Waals surface area contributed by atoms with Crippen molar-refractivity contribution in [1.82, 2.24) is 92.9 Å². The average molecular weight is 1920 g/mol. The van der Waals surface area contributed by atoms with Gasteiger partial charge in [-0.25, -0.2) is 48.0 Å². The number of amides is 4. The second-order valence-corrected chi connectivity index (χ2v) is 34.6. The van der Waals surface area contributed by atoms with Gasteiger partial charge < -0.3 is 67.8 Å². The lowest BCUT2D eigenvalue weighted by Crippen LogP contribution is -2.49. The van der Waals surface area contributed by atoms with Gasteiger partial charge in [0.1, 0.15) is 76.9 Å². The summed E-state index contributed by atoms with van der Waals surface area (Å²) in [6.07, 6.45) is 36.4. The van der Waals surface area contributed by atoms with Gasteiger partial charge in [0.2, 0.25) is 17.7 Å². The van der Waals surface area contributed by atoms with Crippen molar-refractivity contribution in [3.8, 4) is 140 Å². The molecule has 1 unspecified atom stereocenters. The minimum Gasteiger partial charge on any atom is -0.492 e. The number of terminal acetylenes is 1. The van der Waals surface area contributed by atoms with Crippen molar-refractivity contribution >= 4 is 69.0 Å². The van der Waals surface area contributed by atoms with Crippen LogP contribution in [0.1, 0.15) is 113 Å². The van der Waals surface area contributed by atoms with Crippen LogP contribution in [0, 0.1) is 98.6 Å². The first-order valence-electron chi connectivity index (χ1n) is 47.8. The number of hydrogen-bond acceptors (Lipinski definition) is 28. The summed E-state index contributed by atoms with van der Waals surface area (Å²) in [5.41, 5.74) is 12.6. The van der Waals surface area contributed by atoms with Gasteiger partial charge in [-0.2, -0.15) is 41.4 Å². The Morgan fingerprint density at radius 2 is 0.755 bits per heavy atom. The summed E-state index contributed by atoms with van der Waals surface area (Å²) in [6, 6.07) is 32.5. The van der Waals surface area contributed by atoms with E-state index in [4.69, 9.17) is 45.1 Å². The number of piperazine rings is 3. The molecule has 0 N–H and O–H groups in total. The second-order valence-electron chi connectivity index (χ2n) is 34.6. The quantitative estimate of drug-likeness (QED) is 0.0379. The van der Waals surface area contributed by atoms with E-state index in [1.807, 2.05) is 148 Å². The molecule has 18 heterocycles. The number of nitriles is 4. The minimum absolute atomic E-state index is 0.0135. The van der Waals surface area contributed by atoms with Crippen LogP contribution in [0.5, 0.6) is 23.0 Å². The highest BCUT2D eigenvalue weighted by atomic mass is 16.5. The van der Waals surface area contributed by atoms with Crippen molar-refractivity contribution < 1.29 is 42.9 Å². The number of carbonyl (C=O) groups is 4. The summed E-state index contributed by atoms with van der Waals surface area (Å²) < 4.78 is 34.5. The fourth-order valence-corrected chi connectivity index (χ4v) is 17.9. The predicted octanol–water partition coefficient (Wildman–Crippen LogP) is 11.5. The van der Waals surface area contributed by atoms with Crippen molar-refractivity contribution in [1.29, 1.82) is 21.0 Å². The zero-order chi connectivity index (χ0) is 100. The third-order valence-electron chi connectivity index (χ3n) is 25.1. The van der Waals surface area contributed by atoms with Crippen molar-refractivity contribution in [3.05, 3.63) is 194 Å². The number of fused-ring (bicyclic) bond motifs is 4. The Balaban J connectivity index is 0.000000144. The fraction of sp³-hybridized carbons (Fsp3) is 0.364. The minimum atomic E-state index is -0.218. The molecule has 13 aromatic rings. The molecule has 0 aliphatic carbocycles. The smallest absolute Gasteiger partial charge is 0.298 e. The Morgan fingerprint density at radius 3 is 1.09 bits per heavy atom. The van der Waals surface area contributed by atoms with Gasteiger partial charge in [0.15, 0.2) is 0 Å². The maximum atomic E-state index is 12.6. The predicted molar refractivity (Wildman–Crippen MR) is 540 cm³/mol. The van der Waals surface area contributed by atoms with Crippen molar-refractivity contribution in [2.45, 2.75) is 85.5 Å². The molecule has 13 aromatic heterocycles. The highest BCUT2D eigenvalue weighted by molar-refractivity contribution is 5.93. The molecule has 36 heteroatoms. The van der Waals surface area contributed by atoms with Crippen LogP contribution in [0.15, 0.2) is 166 Å². The van der Waals surface area contributed by atoms with Gasteiger partial charge in [-0.1, -0.05) is 11.8 Å². The van der Waals surface area contributed by atoms with Gasteiger partial charge in [0.05, 0.1) is 139 Å². The molecule has 4 amide bonds. The Morgan fingerprint density at radius 1 is 0.406 bits per heavy atom. The fourth-order valence-electron chi connectivity index (χ4n) is 17.9. The Labute approximate surface area is 830 Å². The number of methoxy groups -OCH3 is 1. The number of rotatable bonds is 25. The maximum Gasteiger partial charge on any atom is 0.298 e. The number of pyridine rings is 8. The van der Waals surface area contributed by atoms with Crippen LogP contribution in [0.2, 0.25) is 0 Å². The van der Waals surface area contributed by atoms with E-state index >= 15 is 0 Å². The molecule has 0 aromatic carbocycles. The molecule has 1 spiro atoms. The normalized spacial score (nSPS) is 14.7. The van der Waals surface area contributed by atoms with Gasteiger partial charge in [0.25, 0.3) is 5.91 Å². The number of carbonyl (C=O) groups excluding carboxylic acids is 4. The molecule has 36 nitrogen and oxygen atoms in total. The van der Waals surface area contributed by atoms with Gasteiger partial charge in [-0.15, -0.1) is 30.1 Å². The van der Waals surface area contributed by atoms with E-state index < -0.39 is 0 Å². The van der Waals surface area contributed by atoms with E-state index in [0.29, 0.717) is 175 Å². The monoisotopic (exact) mass is 1920 g/mol. The molecule has 5 fully saturated rings. The topological polar surface area (TPSA) is 385 Å². The highest BCUT2D eigenvalue weighted by Gasteiger charge is 2.45. The van der Waals surface area contributed by atoms with Crippen LogP contribution in [0.3, 0.4) is 0 Å². The Kier molecular flexibility index (Phi) is 34.0. The third-order valence-corrected chi connectivity index (χ3v) is 25.1. The van der Waals surface area contributed by atoms with E-state index in [1.54, 1.807) is 98.2 Å². The molecule has 5 saturated heterocycles. The van der Waals surface area contributed by atoms with E-state index in [1.165, 1.54) is 6.33 Å². The molecule has 5 aliphatic heterocycles. The molecule has 0 saturated carbocycles. The van der Waals surface area contributed by atoms with Crippen LogP contribution in [-0.2, 0) is 23.9 Å². The van der Waals surface area contributed by atoms with E-state index in [9.17, 15) is 40.2 Å². The van der Waals surface area contributed by atoms with E-state index in [0.717, 1.165) is 161 Å². The zero-order valence-corrected chi connectivity index (χ0v) is 81.3. The lowest BCUT2D eigenvalue weighted by Gasteiger charge is -2.35. The third kappa shape index (κ3) is 24.8. The van der Waals surface area contributed by atoms with Crippen LogP contribution in [0.25, 0.3) is 66.6 Å². The van der Waals surface area contributed by atoms with Gasteiger partial charge in [0, 0.05) is 244 Å². The molecular weight excluding hydrogens is 1810 g/mol. The first-order chi connectivity index (χ1) is 69.8. The number of aromatic nitrogens is 14.